The van der Waals surface area contributed by atoms with Gasteiger partial charge >= 0.3 is 5.97 Å². The first-order valence-electron chi connectivity index (χ1n) is 6.81. The Morgan fingerprint density at radius 1 is 1.06 bits per heavy atom. The molecule has 0 bridgehead atoms. The number of hydrogen-bond acceptors (Lipinski definition) is 3. The van der Waals surface area contributed by atoms with Crippen LogP contribution in [0.25, 0.3) is 0 Å². The Hall–Kier alpha value is -0.570. The van der Waals surface area contributed by atoms with E-state index in [0.717, 1.165) is 25.2 Å². The number of hydrogen-bond donors (Lipinski definition) is 1. The molecule has 3 N–H and O–H groups in total. The molecule has 0 saturated heterocycles. The first kappa shape index (κ1) is 18.8. The average molecular weight is 245 g/mol. The average Bonchev–Trinajstić information content (AvgIpc) is 2.24. The second-order valence-electron chi connectivity index (χ2n) is 4.63. The van der Waals surface area contributed by atoms with Crippen molar-refractivity contribution in [3.05, 3.63) is 0 Å². The SMILES string of the molecule is CCCC(CCCC(CC)CC)OC(C)=O.N. The van der Waals surface area contributed by atoms with Crippen LogP contribution in [-0.4, -0.2) is 12.1 Å². The van der Waals surface area contributed by atoms with Gasteiger partial charge < -0.3 is 10.9 Å². The van der Waals surface area contributed by atoms with Crippen LogP contribution in [0.3, 0.4) is 0 Å². The highest BCUT2D eigenvalue weighted by atomic mass is 16.5. The molecule has 0 amide bonds. The Kier molecular flexibility index (Phi) is 13.2. The van der Waals surface area contributed by atoms with E-state index in [2.05, 4.69) is 20.8 Å². The normalized spacial score (nSPS) is 12.1. The lowest BCUT2D eigenvalue weighted by Gasteiger charge is -2.18. The number of esters is 1. The summed E-state index contributed by atoms with van der Waals surface area (Å²) in [6, 6.07) is 0. The van der Waals surface area contributed by atoms with Crippen molar-refractivity contribution in [1.82, 2.24) is 6.15 Å². The molecule has 0 aromatic rings. The Labute approximate surface area is 107 Å². The van der Waals surface area contributed by atoms with E-state index in [1.165, 1.54) is 32.6 Å². The summed E-state index contributed by atoms with van der Waals surface area (Å²) in [4.78, 5) is 10.9. The van der Waals surface area contributed by atoms with Crippen LogP contribution in [0.5, 0.6) is 0 Å². The van der Waals surface area contributed by atoms with Crippen LogP contribution in [0, 0.1) is 5.92 Å². The van der Waals surface area contributed by atoms with E-state index in [1.54, 1.807) is 0 Å². The fraction of sp³-hybridized carbons (Fsp3) is 0.929. The minimum absolute atomic E-state index is 0. The van der Waals surface area contributed by atoms with E-state index in [-0.39, 0.29) is 18.2 Å². The van der Waals surface area contributed by atoms with Gasteiger partial charge in [-0.25, -0.2) is 0 Å². The maximum absolute atomic E-state index is 10.9. The van der Waals surface area contributed by atoms with Gasteiger partial charge in [0.25, 0.3) is 0 Å². The zero-order chi connectivity index (χ0) is 12.4. The van der Waals surface area contributed by atoms with Crippen LogP contribution in [0.15, 0.2) is 0 Å². The third-order valence-corrected chi connectivity index (χ3v) is 3.24. The molecule has 17 heavy (non-hydrogen) atoms. The van der Waals surface area contributed by atoms with Gasteiger partial charge in [-0.15, -0.1) is 0 Å². The summed E-state index contributed by atoms with van der Waals surface area (Å²) < 4.78 is 5.30. The smallest absolute Gasteiger partial charge is 0.302 e. The van der Waals surface area contributed by atoms with Gasteiger partial charge in [0.05, 0.1) is 0 Å². The molecule has 0 aliphatic carbocycles. The van der Waals surface area contributed by atoms with Crippen LogP contribution in [-0.2, 0) is 9.53 Å². The zero-order valence-electron chi connectivity index (χ0n) is 12.1. The van der Waals surface area contributed by atoms with Crippen LogP contribution in [0.1, 0.15) is 72.6 Å². The molecule has 0 saturated carbocycles. The number of ether oxygens (including phenoxy) is 1. The van der Waals surface area contributed by atoms with Crippen molar-refractivity contribution in [2.24, 2.45) is 5.92 Å². The lowest BCUT2D eigenvalue weighted by atomic mass is 9.95. The standard InChI is InChI=1S/C14H28O2.H3N/c1-5-9-14(16-12(4)15)11-8-10-13(6-2)7-3;/h13-14H,5-11H2,1-4H3;1H3. The largest absolute Gasteiger partial charge is 0.463 e. The summed E-state index contributed by atoms with van der Waals surface area (Å²) in [6.45, 7) is 8.15. The van der Waals surface area contributed by atoms with Gasteiger partial charge in [0, 0.05) is 6.92 Å². The highest BCUT2D eigenvalue weighted by molar-refractivity contribution is 5.66. The molecular weight excluding hydrogens is 214 g/mol. The van der Waals surface area contributed by atoms with E-state index in [4.69, 9.17) is 4.74 Å². The minimum atomic E-state index is -0.138. The highest BCUT2D eigenvalue weighted by Gasteiger charge is 2.11. The summed E-state index contributed by atoms with van der Waals surface area (Å²) in [5, 5.41) is 0. The molecule has 0 rings (SSSR count). The van der Waals surface area contributed by atoms with Crippen molar-refractivity contribution in [3.8, 4) is 0 Å². The van der Waals surface area contributed by atoms with E-state index in [9.17, 15) is 4.79 Å². The molecule has 0 fully saturated rings. The van der Waals surface area contributed by atoms with Crippen LogP contribution >= 0.6 is 0 Å². The Morgan fingerprint density at radius 3 is 2.06 bits per heavy atom. The van der Waals surface area contributed by atoms with Gasteiger partial charge in [0.1, 0.15) is 6.10 Å². The number of carbonyl (C=O) groups excluding carboxylic acids is 1. The molecule has 0 aromatic carbocycles. The first-order valence-corrected chi connectivity index (χ1v) is 6.81. The molecule has 1 atom stereocenters. The maximum Gasteiger partial charge on any atom is 0.302 e. The Bertz CT molecular complexity index is 179. The lowest BCUT2D eigenvalue weighted by molar-refractivity contribution is -0.147. The molecule has 0 aliphatic heterocycles. The van der Waals surface area contributed by atoms with E-state index in [1.807, 2.05) is 0 Å². The topological polar surface area (TPSA) is 61.3 Å². The van der Waals surface area contributed by atoms with Crippen molar-refractivity contribution < 1.29 is 9.53 Å². The highest BCUT2D eigenvalue weighted by Crippen LogP contribution is 2.19. The summed E-state index contributed by atoms with van der Waals surface area (Å²) >= 11 is 0. The fourth-order valence-corrected chi connectivity index (χ4v) is 2.15. The maximum atomic E-state index is 10.9. The third kappa shape index (κ3) is 10.3. The van der Waals surface area contributed by atoms with Gasteiger partial charge in [-0.1, -0.05) is 46.5 Å². The predicted octanol–water partition coefficient (Wildman–Crippen LogP) is 4.49. The van der Waals surface area contributed by atoms with Gasteiger partial charge in [0.2, 0.25) is 0 Å². The molecule has 0 aromatic heterocycles. The quantitative estimate of drug-likeness (QED) is 0.609. The second-order valence-corrected chi connectivity index (χ2v) is 4.63. The first-order chi connectivity index (χ1) is 7.63. The molecule has 0 radical (unpaired) electrons. The van der Waals surface area contributed by atoms with E-state index in [0.29, 0.717) is 0 Å². The minimum Gasteiger partial charge on any atom is -0.463 e. The molecular formula is C14H31NO2. The Balaban J connectivity index is 0. The monoisotopic (exact) mass is 245 g/mol. The fourth-order valence-electron chi connectivity index (χ4n) is 2.15. The van der Waals surface area contributed by atoms with E-state index < -0.39 is 0 Å². The molecule has 0 heterocycles. The van der Waals surface area contributed by atoms with Crippen molar-refractivity contribution in [1.29, 1.82) is 0 Å². The molecule has 1 unspecified atom stereocenters. The molecule has 0 spiro atoms. The summed E-state index contributed by atoms with van der Waals surface area (Å²) in [5.74, 6) is 0.709. The van der Waals surface area contributed by atoms with Gasteiger partial charge in [-0.3, -0.25) is 4.79 Å². The number of rotatable bonds is 9. The lowest BCUT2D eigenvalue weighted by Crippen LogP contribution is -2.16. The Morgan fingerprint density at radius 2 is 1.65 bits per heavy atom. The van der Waals surface area contributed by atoms with Gasteiger partial charge in [0.15, 0.2) is 0 Å². The molecule has 3 heteroatoms. The number of carbonyl (C=O) groups is 1. The summed E-state index contributed by atoms with van der Waals surface area (Å²) in [7, 11) is 0. The van der Waals surface area contributed by atoms with Crippen molar-refractivity contribution in [3.63, 3.8) is 0 Å². The second kappa shape index (κ2) is 11.9. The van der Waals surface area contributed by atoms with Crippen molar-refractivity contribution in [2.45, 2.75) is 78.7 Å². The molecule has 104 valence electrons. The summed E-state index contributed by atoms with van der Waals surface area (Å²) in [5.41, 5.74) is 0. The van der Waals surface area contributed by atoms with Crippen LogP contribution in [0.2, 0.25) is 0 Å². The van der Waals surface area contributed by atoms with Gasteiger partial charge in [-0.05, 0) is 25.2 Å². The van der Waals surface area contributed by atoms with Crippen LogP contribution in [0.4, 0.5) is 0 Å². The zero-order valence-corrected chi connectivity index (χ0v) is 12.1. The van der Waals surface area contributed by atoms with Crippen molar-refractivity contribution >= 4 is 5.97 Å². The predicted molar refractivity (Wildman–Crippen MR) is 73.4 cm³/mol. The van der Waals surface area contributed by atoms with Crippen molar-refractivity contribution in [2.75, 3.05) is 0 Å². The van der Waals surface area contributed by atoms with Crippen LogP contribution < -0.4 is 6.15 Å². The molecule has 0 aliphatic rings. The summed E-state index contributed by atoms with van der Waals surface area (Å²) in [6.07, 6.45) is 8.26. The molecule has 3 nitrogen and oxygen atoms in total. The van der Waals surface area contributed by atoms with E-state index >= 15 is 0 Å². The van der Waals surface area contributed by atoms with Gasteiger partial charge in [-0.2, -0.15) is 0 Å². The third-order valence-electron chi connectivity index (χ3n) is 3.24.